The molecule has 1 aromatic carbocycles. The fourth-order valence-corrected chi connectivity index (χ4v) is 3.82. The van der Waals surface area contributed by atoms with Crippen LogP contribution >= 0.6 is 0 Å². The minimum absolute atomic E-state index is 0.0202. The van der Waals surface area contributed by atoms with Gasteiger partial charge in [0.05, 0.1) is 32.1 Å². The molecule has 0 bridgehead atoms. The summed E-state index contributed by atoms with van der Waals surface area (Å²) < 4.78 is 26.5. The molecule has 3 heterocycles. The van der Waals surface area contributed by atoms with E-state index in [0.717, 1.165) is 6.20 Å². The zero-order valence-electron chi connectivity index (χ0n) is 19.1. The van der Waals surface area contributed by atoms with E-state index >= 15 is 0 Å². The van der Waals surface area contributed by atoms with Gasteiger partial charge in [-0.25, -0.2) is 4.79 Å². The number of fused-ring (bicyclic) bond motifs is 1. The molecule has 2 aromatic heterocycles. The van der Waals surface area contributed by atoms with Crippen LogP contribution in [0.25, 0.3) is 0 Å². The molecule has 11 heteroatoms. The van der Waals surface area contributed by atoms with E-state index in [2.05, 4.69) is 10.3 Å². The van der Waals surface area contributed by atoms with Gasteiger partial charge in [0.25, 0.3) is 5.56 Å². The Labute approximate surface area is 199 Å². The molecular formula is C24H24N2O9. The van der Waals surface area contributed by atoms with Crippen LogP contribution in [0.2, 0.25) is 0 Å². The number of rotatable bonds is 9. The Kier molecular flexibility index (Phi) is 6.95. The number of pyridine rings is 1. The van der Waals surface area contributed by atoms with Crippen molar-refractivity contribution in [2.75, 3.05) is 20.5 Å². The number of aromatic hydroxyl groups is 1. The van der Waals surface area contributed by atoms with Crippen molar-refractivity contribution < 1.29 is 38.1 Å². The highest BCUT2D eigenvalue weighted by molar-refractivity contribution is 5.92. The number of furan rings is 1. The molecule has 1 aliphatic rings. The molecule has 0 saturated carbocycles. The predicted octanol–water partition coefficient (Wildman–Crippen LogP) is 2.43. The Morgan fingerprint density at radius 3 is 2.83 bits per heavy atom. The van der Waals surface area contributed by atoms with Crippen LogP contribution in [0.5, 0.6) is 23.0 Å². The van der Waals surface area contributed by atoms with Crippen molar-refractivity contribution in [3.63, 3.8) is 0 Å². The second-order valence-electron chi connectivity index (χ2n) is 7.58. The summed E-state index contributed by atoms with van der Waals surface area (Å²) >= 11 is 0. The number of amides is 1. The molecule has 0 aliphatic carbocycles. The van der Waals surface area contributed by atoms with Crippen molar-refractivity contribution in [3.05, 3.63) is 69.5 Å². The standard InChI is InChI=1S/C24H24N2O9/c1-3-32-24(30)16-11-26-23(29)20(21(16)28)15(9-19(27)25-10-14-5-4-6-33-14)13-7-17(31-2)22-18(8-13)34-12-35-22/h4-8,11,15H,3,9-10,12H2,1-2H3,(H,25,27)(H2,26,28,29)/t15-/m0/s1. The van der Waals surface area contributed by atoms with Gasteiger partial charge in [-0.15, -0.1) is 0 Å². The van der Waals surface area contributed by atoms with Crippen molar-refractivity contribution in [2.24, 2.45) is 0 Å². The minimum Gasteiger partial charge on any atom is -0.506 e. The molecule has 35 heavy (non-hydrogen) atoms. The number of H-pyrrole nitrogens is 1. The number of hydrogen-bond acceptors (Lipinski definition) is 9. The van der Waals surface area contributed by atoms with Crippen LogP contribution < -0.4 is 25.1 Å². The lowest BCUT2D eigenvalue weighted by Crippen LogP contribution is -2.27. The van der Waals surface area contributed by atoms with Gasteiger partial charge in [0, 0.05) is 18.5 Å². The molecule has 1 atom stereocenters. The number of aromatic nitrogens is 1. The lowest BCUT2D eigenvalue weighted by molar-refractivity contribution is -0.121. The lowest BCUT2D eigenvalue weighted by Gasteiger charge is -2.20. The quantitative estimate of drug-likeness (QED) is 0.389. The van der Waals surface area contributed by atoms with E-state index in [4.69, 9.17) is 23.4 Å². The van der Waals surface area contributed by atoms with Gasteiger partial charge < -0.3 is 38.8 Å². The average molecular weight is 484 g/mol. The zero-order chi connectivity index (χ0) is 24.9. The largest absolute Gasteiger partial charge is 0.506 e. The van der Waals surface area contributed by atoms with Crippen LogP contribution in [-0.2, 0) is 16.1 Å². The monoisotopic (exact) mass is 484 g/mol. The van der Waals surface area contributed by atoms with Crippen LogP contribution in [0.15, 0.2) is 45.9 Å². The first-order chi connectivity index (χ1) is 16.9. The number of aromatic amines is 1. The number of hydrogen-bond donors (Lipinski definition) is 3. The van der Waals surface area contributed by atoms with Crippen molar-refractivity contribution in [3.8, 4) is 23.0 Å². The molecule has 184 valence electrons. The number of carbonyl (C=O) groups is 2. The van der Waals surface area contributed by atoms with Crippen molar-refractivity contribution in [2.45, 2.75) is 25.8 Å². The van der Waals surface area contributed by atoms with E-state index in [1.807, 2.05) is 0 Å². The minimum atomic E-state index is -0.979. The van der Waals surface area contributed by atoms with Crippen LogP contribution in [0.3, 0.4) is 0 Å². The number of ether oxygens (including phenoxy) is 4. The second-order valence-corrected chi connectivity index (χ2v) is 7.58. The van der Waals surface area contributed by atoms with Crippen LogP contribution in [-0.4, -0.2) is 42.5 Å². The maximum atomic E-state index is 12.9. The summed E-state index contributed by atoms with van der Waals surface area (Å²) in [7, 11) is 1.44. The molecule has 0 fully saturated rings. The number of carbonyl (C=O) groups excluding carboxylic acids is 2. The topological polar surface area (TPSA) is 149 Å². The van der Waals surface area contributed by atoms with E-state index < -0.39 is 29.1 Å². The summed E-state index contributed by atoms with van der Waals surface area (Å²) in [5, 5.41) is 13.7. The van der Waals surface area contributed by atoms with Gasteiger partial charge in [0.1, 0.15) is 17.1 Å². The normalized spacial score (nSPS) is 12.7. The Hall–Kier alpha value is -4.41. The maximum absolute atomic E-state index is 12.9. The van der Waals surface area contributed by atoms with Gasteiger partial charge in [-0.1, -0.05) is 0 Å². The first kappa shape index (κ1) is 23.7. The smallest absolute Gasteiger partial charge is 0.343 e. The van der Waals surface area contributed by atoms with E-state index in [-0.39, 0.29) is 37.5 Å². The fraction of sp³-hybridized carbons (Fsp3) is 0.292. The lowest BCUT2D eigenvalue weighted by atomic mass is 9.87. The predicted molar refractivity (Wildman–Crippen MR) is 121 cm³/mol. The van der Waals surface area contributed by atoms with E-state index in [1.54, 1.807) is 31.2 Å². The van der Waals surface area contributed by atoms with Gasteiger partial charge in [-0.3, -0.25) is 9.59 Å². The summed E-state index contributed by atoms with van der Waals surface area (Å²) in [5.74, 6) is -1.18. The SMILES string of the molecule is CCOC(=O)c1c[nH]c(=O)c([C@@H](CC(=O)NCc2ccco2)c2cc(OC)c3c(c2)OCO3)c1O. The summed E-state index contributed by atoms with van der Waals surface area (Å²) in [4.78, 5) is 40.6. The fourth-order valence-electron chi connectivity index (χ4n) is 3.82. The Morgan fingerprint density at radius 2 is 2.11 bits per heavy atom. The van der Waals surface area contributed by atoms with Crippen molar-refractivity contribution >= 4 is 11.9 Å². The molecule has 1 aliphatic heterocycles. The van der Waals surface area contributed by atoms with Gasteiger partial charge in [0.15, 0.2) is 11.5 Å². The van der Waals surface area contributed by atoms with Gasteiger partial charge >= 0.3 is 5.97 Å². The Bertz CT molecular complexity index is 1280. The zero-order valence-corrected chi connectivity index (χ0v) is 19.1. The number of nitrogens with one attached hydrogen (secondary N) is 2. The van der Waals surface area contributed by atoms with E-state index in [0.29, 0.717) is 28.6 Å². The van der Waals surface area contributed by atoms with Crippen LogP contribution in [0, 0.1) is 0 Å². The number of esters is 1. The molecule has 0 unspecified atom stereocenters. The summed E-state index contributed by atoms with van der Waals surface area (Å²) in [6.07, 6.45) is 2.32. The third kappa shape index (κ3) is 4.93. The number of benzene rings is 1. The number of methoxy groups -OCH3 is 1. The van der Waals surface area contributed by atoms with Gasteiger partial charge in [-0.05, 0) is 36.8 Å². The first-order valence-electron chi connectivity index (χ1n) is 10.8. The molecule has 0 radical (unpaired) electrons. The highest BCUT2D eigenvalue weighted by Crippen LogP contribution is 2.45. The molecule has 3 N–H and O–H groups in total. The third-order valence-electron chi connectivity index (χ3n) is 5.46. The highest BCUT2D eigenvalue weighted by Gasteiger charge is 2.31. The van der Waals surface area contributed by atoms with Crippen LogP contribution in [0.4, 0.5) is 0 Å². The molecule has 11 nitrogen and oxygen atoms in total. The van der Waals surface area contributed by atoms with Crippen LogP contribution in [0.1, 0.15) is 46.5 Å². The van der Waals surface area contributed by atoms with Gasteiger partial charge in [-0.2, -0.15) is 0 Å². The Morgan fingerprint density at radius 1 is 1.29 bits per heavy atom. The average Bonchev–Trinajstić information content (AvgIpc) is 3.53. The molecule has 0 saturated heterocycles. The second kappa shape index (κ2) is 10.2. The van der Waals surface area contributed by atoms with E-state index in [1.165, 1.54) is 13.4 Å². The van der Waals surface area contributed by atoms with Crippen molar-refractivity contribution in [1.82, 2.24) is 10.3 Å². The molecular weight excluding hydrogens is 460 g/mol. The molecule has 0 spiro atoms. The summed E-state index contributed by atoms with van der Waals surface area (Å²) in [6.45, 7) is 1.80. The molecule has 3 aromatic rings. The maximum Gasteiger partial charge on any atom is 0.343 e. The van der Waals surface area contributed by atoms with Gasteiger partial charge in [0.2, 0.25) is 18.4 Å². The van der Waals surface area contributed by atoms with E-state index in [9.17, 15) is 19.5 Å². The molecule has 4 rings (SSSR count). The van der Waals surface area contributed by atoms with Crippen molar-refractivity contribution in [1.29, 1.82) is 0 Å². The first-order valence-corrected chi connectivity index (χ1v) is 10.8. The third-order valence-corrected chi connectivity index (χ3v) is 5.46. The molecule has 1 amide bonds. The Balaban J connectivity index is 1.77. The summed E-state index contributed by atoms with van der Waals surface area (Å²) in [6, 6.07) is 6.60. The highest BCUT2D eigenvalue weighted by atomic mass is 16.7. The summed E-state index contributed by atoms with van der Waals surface area (Å²) in [5.41, 5.74) is -0.642.